The Morgan fingerprint density at radius 2 is 1.71 bits per heavy atom. The van der Waals surface area contributed by atoms with Gasteiger partial charge in [-0.1, -0.05) is 41.9 Å². The van der Waals surface area contributed by atoms with Gasteiger partial charge in [-0.05, 0) is 56.5 Å². The van der Waals surface area contributed by atoms with Crippen molar-refractivity contribution >= 4 is 23.3 Å². The third kappa shape index (κ3) is 3.63. The minimum absolute atomic E-state index is 0.00383. The molecule has 2 amide bonds. The fourth-order valence-electron chi connectivity index (χ4n) is 4.76. The second-order valence-electron chi connectivity index (χ2n) is 8.37. The number of carbonyl (C=O) groups is 1. The predicted octanol–water partition coefficient (Wildman–Crippen LogP) is 5.42. The summed E-state index contributed by atoms with van der Waals surface area (Å²) in [6.45, 7) is 7.23. The van der Waals surface area contributed by atoms with Crippen molar-refractivity contribution in [3.8, 4) is 0 Å². The molecule has 1 spiro atoms. The number of rotatable bonds is 3. The van der Waals surface area contributed by atoms with Crippen LogP contribution in [0.2, 0.25) is 5.02 Å². The number of hydrogen-bond acceptors (Lipinski definition) is 2. The molecule has 0 radical (unpaired) electrons. The van der Waals surface area contributed by atoms with Crippen LogP contribution in [0.3, 0.4) is 0 Å². The first-order chi connectivity index (χ1) is 13.5. The quantitative estimate of drug-likeness (QED) is 0.750. The molecule has 148 valence electrons. The molecule has 1 atom stereocenters. The average Bonchev–Trinajstić information content (AvgIpc) is 2.69. The fourth-order valence-corrected chi connectivity index (χ4v) is 4.89. The van der Waals surface area contributed by atoms with Crippen LogP contribution < -0.4 is 5.32 Å². The highest BCUT2D eigenvalue weighted by atomic mass is 35.5. The number of piperidine rings is 1. The van der Waals surface area contributed by atoms with Gasteiger partial charge in [0.25, 0.3) is 0 Å². The molecule has 4 nitrogen and oxygen atoms in total. The van der Waals surface area contributed by atoms with Gasteiger partial charge in [0, 0.05) is 47.8 Å². The van der Waals surface area contributed by atoms with Gasteiger partial charge in [-0.3, -0.25) is 4.90 Å². The van der Waals surface area contributed by atoms with Crippen molar-refractivity contribution in [1.82, 2.24) is 9.80 Å². The molecule has 0 aliphatic carbocycles. The van der Waals surface area contributed by atoms with Gasteiger partial charge in [-0.25, -0.2) is 4.79 Å². The van der Waals surface area contributed by atoms with Gasteiger partial charge in [0.1, 0.15) is 0 Å². The van der Waals surface area contributed by atoms with Gasteiger partial charge in [0.15, 0.2) is 0 Å². The van der Waals surface area contributed by atoms with Crippen LogP contribution in [0.5, 0.6) is 0 Å². The van der Waals surface area contributed by atoms with E-state index >= 15 is 0 Å². The van der Waals surface area contributed by atoms with Gasteiger partial charge >= 0.3 is 6.03 Å². The van der Waals surface area contributed by atoms with E-state index in [-0.39, 0.29) is 11.4 Å². The van der Waals surface area contributed by atoms with Crippen LogP contribution >= 0.6 is 11.6 Å². The number of hydrogen-bond donors (Lipinski definition) is 1. The van der Waals surface area contributed by atoms with E-state index in [1.807, 2.05) is 47.4 Å². The maximum atomic E-state index is 12.6. The maximum absolute atomic E-state index is 12.6. The topological polar surface area (TPSA) is 35.6 Å². The number of nitrogens with zero attached hydrogens (tertiary/aromatic N) is 2. The van der Waals surface area contributed by atoms with Crippen LogP contribution in [-0.2, 0) is 0 Å². The first-order valence-corrected chi connectivity index (χ1v) is 10.5. The number of anilines is 1. The summed E-state index contributed by atoms with van der Waals surface area (Å²) < 4.78 is 0. The van der Waals surface area contributed by atoms with Crippen LogP contribution in [0.4, 0.5) is 10.5 Å². The van der Waals surface area contributed by atoms with E-state index in [1.54, 1.807) is 0 Å². The molecule has 0 saturated carbocycles. The van der Waals surface area contributed by atoms with Crippen LogP contribution in [0.25, 0.3) is 0 Å². The Hall–Kier alpha value is -2.04. The number of carbonyl (C=O) groups excluding carboxylic acids is 1. The molecule has 0 bridgehead atoms. The standard InChI is InChI=1S/C23H28ClN3O/c1-17(2)27-16-23(21(27)18-8-10-19(24)11-9-18)12-14-26(15-13-23)22(28)25-20-6-4-3-5-7-20/h3-11,17,21H,12-16H2,1-2H3,(H,25,28). The molecule has 2 aromatic carbocycles. The third-order valence-corrected chi connectivity index (χ3v) is 6.58. The summed E-state index contributed by atoms with van der Waals surface area (Å²) in [7, 11) is 0. The van der Waals surface area contributed by atoms with Gasteiger partial charge in [-0.15, -0.1) is 0 Å². The summed E-state index contributed by atoms with van der Waals surface area (Å²) in [6.07, 6.45) is 2.07. The fraction of sp³-hybridized carbons (Fsp3) is 0.435. The zero-order chi connectivity index (χ0) is 19.7. The van der Waals surface area contributed by atoms with Gasteiger partial charge in [0.05, 0.1) is 0 Å². The molecule has 5 heteroatoms. The monoisotopic (exact) mass is 397 g/mol. The number of para-hydroxylation sites is 1. The summed E-state index contributed by atoms with van der Waals surface area (Å²) in [5.74, 6) is 0. The first kappa shape index (κ1) is 19.3. The molecule has 2 aliphatic rings. The number of nitrogens with one attached hydrogen (secondary N) is 1. The van der Waals surface area contributed by atoms with Crippen LogP contribution in [0, 0.1) is 5.41 Å². The minimum Gasteiger partial charge on any atom is -0.324 e. The Labute approximate surface area is 172 Å². The lowest BCUT2D eigenvalue weighted by molar-refractivity contribution is -0.123. The molecule has 2 aliphatic heterocycles. The number of likely N-dealkylation sites (tertiary alicyclic amines) is 2. The summed E-state index contributed by atoms with van der Waals surface area (Å²) >= 11 is 6.11. The molecule has 2 fully saturated rings. The summed E-state index contributed by atoms with van der Waals surface area (Å²) in [4.78, 5) is 17.2. The van der Waals surface area contributed by atoms with Gasteiger partial charge in [0.2, 0.25) is 0 Å². The Balaban J connectivity index is 1.44. The Morgan fingerprint density at radius 1 is 1.07 bits per heavy atom. The van der Waals surface area contributed by atoms with Gasteiger partial charge in [-0.2, -0.15) is 0 Å². The van der Waals surface area contributed by atoms with E-state index in [9.17, 15) is 4.79 Å². The number of urea groups is 1. The van der Waals surface area contributed by atoms with Crippen molar-refractivity contribution < 1.29 is 4.79 Å². The Bertz CT molecular complexity index is 814. The van der Waals surface area contributed by atoms with Crippen molar-refractivity contribution in [3.05, 3.63) is 65.2 Å². The SMILES string of the molecule is CC(C)N1CC2(CCN(C(=O)Nc3ccccc3)CC2)C1c1ccc(Cl)cc1. The second-order valence-corrected chi connectivity index (χ2v) is 8.80. The lowest BCUT2D eigenvalue weighted by atomic mass is 9.62. The lowest BCUT2D eigenvalue weighted by Gasteiger charge is -2.62. The molecule has 28 heavy (non-hydrogen) atoms. The molecule has 2 heterocycles. The molecule has 4 rings (SSSR count). The summed E-state index contributed by atoms with van der Waals surface area (Å²) in [6, 6.07) is 18.9. The van der Waals surface area contributed by atoms with Crippen LogP contribution in [0.1, 0.15) is 38.3 Å². The first-order valence-electron chi connectivity index (χ1n) is 10.1. The summed E-state index contributed by atoms with van der Waals surface area (Å²) in [5, 5.41) is 3.79. The summed E-state index contributed by atoms with van der Waals surface area (Å²) in [5.41, 5.74) is 2.44. The van der Waals surface area contributed by atoms with Crippen molar-refractivity contribution in [2.75, 3.05) is 25.0 Å². The molecule has 0 aromatic heterocycles. The zero-order valence-corrected chi connectivity index (χ0v) is 17.3. The third-order valence-electron chi connectivity index (χ3n) is 6.33. The highest BCUT2D eigenvalue weighted by Gasteiger charge is 2.54. The van der Waals surface area contributed by atoms with E-state index < -0.39 is 0 Å². The maximum Gasteiger partial charge on any atom is 0.321 e. The van der Waals surface area contributed by atoms with E-state index in [1.165, 1.54) is 5.56 Å². The highest BCUT2D eigenvalue weighted by molar-refractivity contribution is 6.30. The van der Waals surface area contributed by atoms with E-state index in [0.717, 1.165) is 43.2 Å². The Kier molecular flexibility index (Phi) is 5.35. The number of amides is 2. The zero-order valence-electron chi connectivity index (χ0n) is 16.6. The highest BCUT2D eigenvalue weighted by Crippen LogP contribution is 2.55. The number of halogens is 1. The average molecular weight is 398 g/mol. The number of benzene rings is 2. The molecule has 2 saturated heterocycles. The Morgan fingerprint density at radius 3 is 2.32 bits per heavy atom. The molecular formula is C23H28ClN3O. The largest absolute Gasteiger partial charge is 0.324 e. The molecular weight excluding hydrogens is 370 g/mol. The van der Waals surface area contributed by atoms with Crippen molar-refractivity contribution in [1.29, 1.82) is 0 Å². The predicted molar refractivity (Wildman–Crippen MR) is 115 cm³/mol. The molecule has 1 N–H and O–H groups in total. The van der Waals surface area contributed by atoms with Crippen molar-refractivity contribution in [3.63, 3.8) is 0 Å². The van der Waals surface area contributed by atoms with E-state index in [0.29, 0.717) is 12.1 Å². The smallest absolute Gasteiger partial charge is 0.321 e. The second kappa shape index (κ2) is 7.76. The van der Waals surface area contributed by atoms with Gasteiger partial charge < -0.3 is 10.2 Å². The molecule has 1 unspecified atom stereocenters. The van der Waals surface area contributed by atoms with Crippen LogP contribution in [-0.4, -0.2) is 41.5 Å². The lowest BCUT2D eigenvalue weighted by Crippen LogP contribution is -2.64. The van der Waals surface area contributed by atoms with Crippen molar-refractivity contribution in [2.24, 2.45) is 5.41 Å². The van der Waals surface area contributed by atoms with E-state index in [4.69, 9.17) is 11.6 Å². The van der Waals surface area contributed by atoms with E-state index in [2.05, 4.69) is 36.2 Å². The van der Waals surface area contributed by atoms with Crippen LogP contribution in [0.15, 0.2) is 54.6 Å². The minimum atomic E-state index is 0.00383. The normalized spacial score (nSPS) is 21.6. The molecule has 2 aromatic rings. The van der Waals surface area contributed by atoms with Crippen molar-refractivity contribution in [2.45, 2.75) is 38.8 Å².